The van der Waals surface area contributed by atoms with Crippen molar-refractivity contribution in [2.75, 3.05) is 0 Å². The van der Waals surface area contributed by atoms with Gasteiger partial charge >= 0.3 is 0 Å². The lowest BCUT2D eigenvalue weighted by molar-refractivity contribution is 1.38. The van der Waals surface area contributed by atoms with Crippen LogP contribution in [0.25, 0.3) is 0 Å². The lowest BCUT2D eigenvalue weighted by Crippen LogP contribution is -1.84. The van der Waals surface area contributed by atoms with E-state index in [4.69, 9.17) is 11.6 Å². The fourth-order valence-electron chi connectivity index (χ4n) is 0.743. The minimum atomic E-state index is 0.914. The molecule has 0 unspecified atom stereocenters. The van der Waals surface area contributed by atoms with Crippen molar-refractivity contribution >= 4 is 11.6 Å². The maximum absolute atomic E-state index is 5.60. The molecule has 0 spiro atoms. The predicted octanol–water partition coefficient (Wildman–Crippen LogP) is 3.30. The highest BCUT2D eigenvalue weighted by Gasteiger charge is 1.99. The molecule has 0 saturated heterocycles. The van der Waals surface area contributed by atoms with Crippen molar-refractivity contribution in [3.8, 4) is 0 Å². The highest BCUT2D eigenvalue weighted by Crippen LogP contribution is 2.20. The topological polar surface area (TPSA) is 0 Å². The molecule has 2 aliphatic rings. The summed E-state index contributed by atoms with van der Waals surface area (Å²) in [6.45, 7) is 6.72. The quantitative estimate of drug-likeness (QED) is 0.568. The molecule has 56 valence electrons. The molecule has 0 aromatic carbocycles. The second-order valence-corrected chi connectivity index (χ2v) is 2.57. The first-order valence-corrected chi connectivity index (χ1v) is 3.70. The Morgan fingerprint density at radius 3 is 1.82 bits per heavy atom. The molecule has 0 aliphatic heterocycles. The van der Waals surface area contributed by atoms with Crippen LogP contribution in [-0.4, -0.2) is 0 Å². The minimum Gasteiger partial charge on any atom is -0.0991 e. The maximum Gasteiger partial charge on any atom is 0.0490 e. The summed E-state index contributed by atoms with van der Waals surface area (Å²) in [5.74, 6) is 0. The van der Waals surface area contributed by atoms with Crippen LogP contribution in [0.2, 0.25) is 5.02 Å². The summed E-state index contributed by atoms with van der Waals surface area (Å²) in [4.78, 5) is 0. The van der Waals surface area contributed by atoms with E-state index < -0.39 is 0 Å². The normalized spacial score (nSPS) is 9.18. The molecule has 0 bridgehead atoms. The van der Waals surface area contributed by atoms with Crippen LogP contribution >= 0.6 is 11.6 Å². The van der Waals surface area contributed by atoms with Gasteiger partial charge in [0.25, 0.3) is 0 Å². The van der Waals surface area contributed by atoms with Crippen LogP contribution in [0, 0.1) is 10.4 Å². The average Bonchev–Trinajstić information content (AvgIpc) is 2.00. The van der Waals surface area contributed by atoms with Gasteiger partial charge in [0.05, 0.1) is 0 Å². The van der Waals surface area contributed by atoms with Gasteiger partial charge in [0, 0.05) is 10.2 Å². The molecule has 0 fully saturated rings. The number of rotatable bonds is 1. The second-order valence-electron chi connectivity index (χ2n) is 2.17. The van der Waals surface area contributed by atoms with Gasteiger partial charge in [-0.05, 0) is 11.3 Å². The first-order valence-electron chi connectivity index (χ1n) is 3.33. The smallest absolute Gasteiger partial charge is 0.0490 e. The Morgan fingerprint density at radius 1 is 1.18 bits per heavy atom. The molecule has 2 rings (SSSR count). The zero-order chi connectivity index (χ0) is 8.27. The van der Waals surface area contributed by atoms with Crippen LogP contribution in [0.4, 0.5) is 0 Å². The molecule has 2 aliphatic carbocycles. The van der Waals surface area contributed by atoms with Crippen LogP contribution < -0.4 is 0 Å². The van der Waals surface area contributed by atoms with E-state index in [1.54, 1.807) is 12.2 Å². The van der Waals surface area contributed by atoms with Crippen molar-refractivity contribution in [1.82, 2.24) is 0 Å². The van der Waals surface area contributed by atoms with Crippen molar-refractivity contribution in [3.05, 3.63) is 59.0 Å². The predicted molar refractivity (Wildman–Crippen MR) is 49.5 cm³/mol. The van der Waals surface area contributed by atoms with E-state index in [-0.39, 0.29) is 0 Å². The van der Waals surface area contributed by atoms with Gasteiger partial charge in [0.1, 0.15) is 0 Å². The van der Waals surface area contributed by atoms with Gasteiger partial charge in [-0.3, -0.25) is 0 Å². The Hall–Kier alpha value is -1.01. The molecule has 1 heteroatoms. The molecule has 0 atom stereocenters. The Morgan fingerprint density at radius 2 is 1.82 bits per heavy atom. The van der Waals surface area contributed by atoms with Crippen molar-refractivity contribution < 1.29 is 0 Å². The van der Waals surface area contributed by atoms with Crippen LogP contribution in [0.5, 0.6) is 0 Å². The molecule has 0 heterocycles. The Balaban J connectivity index is 0.000000134. The zero-order valence-corrected chi connectivity index (χ0v) is 6.93. The van der Waals surface area contributed by atoms with Crippen molar-refractivity contribution in [2.24, 2.45) is 0 Å². The number of benzene rings is 1. The van der Waals surface area contributed by atoms with E-state index in [0.717, 1.165) is 5.02 Å². The monoisotopic (exact) mass is 164 g/mol. The SMILES string of the molecule is C=CC=C.Clc1cc2ccc1=2. The summed E-state index contributed by atoms with van der Waals surface area (Å²) in [5.41, 5.74) is 0. The summed E-state index contributed by atoms with van der Waals surface area (Å²) >= 11 is 5.60. The first kappa shape index (κ1) is 8.09. The molecule has 0 aromatic heterocycles. The van der Waals surface area contributed by atoms with E-state index in [0.29, 0.717) is 0 Å². The van der Waals surface area contributed by atoms with E-state index in [2.05, 4.69) is 19.2 Å². The largest absolute Gasteiger partial charge is 0.0991 e. The van der Waals surface area contributed by atoms with E-state index in [1.165, 1.54) is 10.4 Å². The first-order chi connectivity index (χ1) is 5.29. The summed E-state index contributed by atoms with van der Waals surface area (Å²) in [7, 11) is 0. The van der Waals surface area contributed by atoms with Crippen LogP contribution in [0.1, 0.15) is 0 Å². The molecule has 11 heavy (non-hydrogen) atoms. The fourth-order valence-corrected chi connectivity index (χ4v) is 1.03. The van der Waals surface area contributed by atoms with Crippen molar-refractivity contribution in [1.29, 1.82) is 0 Å². The Kier molecular flexibility index (Phi) is 2.50. The summed E-state index contributed by atoms with van der Waals surface area (Å²) in [6, 6.07) is 6.05. The Bertz CT molecular complexity index is 357. The van der Waals surface area contributed by atoms with Gasteiger partial charge in [-0.25, -0.2) is 0 Å². The van der Waals surface area contributed by atoms with Gasteiger partial charge in [-0.2, -0.15) is 0 Å². The molecule has 0 aromatic rings. The second kappa shape index (κ2) is 3.40. The molecule has 0 radical (unpaired) electrons. The highest BCUT2D eigenvalue weighted by atomic mass is 35.5. The lowest BCUT2D eigenvalue weighted by Gasteiger charge is -2.01. The molecular formula is C10H9Cl. The van der Waals surface area contributed by atoms with Gasteiger partial charge < -0.3 is 0 Å². The standard InChI is InChI=1S/C6H3Cl.C4H6/c7-6-3-4-1-2-5(4)6;1-3-4-2/h1-3H;3-4H,1-2H2. The molecule has 0 N–H and O–H groups in total. The summed E-state index contributed by atoms with van der Waals surface area (Å²) in [5, 5.41) is 3.46. The highest BCUT2D eigenvalue weighted by molar-refractivity contribution is 6.31. The molecule has 0 nitrogen and oxygen atoms in total. The molecular weight excluding hydrogens is 156 g/mol. The van der Waals surface area contributed by atoms with Gasteiger partial charge in [-0.1, -0.05) is 49.0 Å². The van der Waals surface area contributed by atoms with Gasteiger partial charge in [0.15, 0.2) is 0 Å². The van der Waals surface area contributed by atoms with Gasteiger partial charge in [0.2, 0.25) is 0 Å². The summed E-state index contributed by atoms with van der Waals surface area (Å²) in [6.07, 6.45) is 3.28. The van der Waals surface area contributed by atoms with Crippen LogP contribution in [-0.2, 0) is 0 Å². The number of halogens is 1. The number of hydrogen-bond donors (Lipinski definition) is 0. The average molecular weight is 165 g/mol. The number of allylic oxidation sites excluding steroid dienone is 2. The van der Waals surface area contributed by atoms with E-state index in [9.17, 15) is 0 Å². The zero-order valence-electron chi connectivity index (χ0n) is 6.18. The molecule has 0 saturated carbocycles. The third kappa shape index (κ3) is 1.52. The maximum atomic E-state index is 5.60. The van der Waals surface area contributed by atoms with Crippen molar-refractivity contribution in [2.45, 2.75) is 0 Å². The van der Waals surface area contributed by atoms with E-state index in [1.807, 2.05) is 12.1 Å². The summed E-state index contributed by atoms with van der Waals surface area (Å²) < 4.78 is 0. The van der Waals surface area contributed by atoms with E-state index >= 15 is 0 Å². The fraction of sp³-hybridized carbons (Fsp3) is 0. The third-order valence-corrected chi connectivity index (χ3v) is 1.76. The third-order valence-electron chi connectivity index (χ3n) is 1.45. The minimum absolute atomic E-state index is 0.914. The van der Waals surface area contributed by atoms with Crippen LogP contribution in [0.3, 0.4) is 0 Å². The van der Waals surface area contributed by atoms with Crippen molar-refractivity contribution in [3.63, 3.8) is 0 Å². The number of hydrogen-bond acceptors (Lipinski definition) is 0. The van der Waals surface area contributed by atoms with Crippen LogP contribution in [0.15, 0.2) is 43.5 Å². The Labute approximate surface area is 71.1 Å². The van der Waals surface area contributed by atoms with Gasteiger partial charge in [-0.15, -0.1) is 0 Å². The molecule has 0 amide bonds. The lowest BCUT2D eigenvalue weighted by atomic mass is 10.1.